The van der Waals surface area contributed by atoms with Crippen molar-refractivity contribution in [2.45, 2.75) is 38.2 Å². The first kappa shape index (κ1) is 29.2. The summed E-state index contributed by atoms with van der Waals surface area (Å²) in [6.07, 6.45) is 8.77. The molecule has 0 bridgehead atoms. The molecule has 1 aliphatic heterocycles. The fourth-order valence-electron chi connectivity index (χ4n) is 3.95. The molecule has 0 amide bonds. The zero-order valence-corrected chi connectivity index (χ0v) is 21.3. The fourth-order valence-corrected chi connectivity index (χ4v) is 3.95. The number of hydrogen-bond donors (Lipinski definition) is 0. The summed E-state index contributed by atoms with van der Waals surface area (Å²) in [6, 6.07) is 2.46. The molecule has 0 N–H and O–H groups in total. The van der Waals surface area contributed by atoms with Crippen molar-refractivity contribution in [3.8, 4) is 5.75 Å². The molecule has 1 atom stereocenters. The Morgan fingerprint density at radius 3 is 2.51 bits per heavy atom. The number of methoxy groups -OCH3 is 1. The van der Waals surface area contributed by atoms with Crippen molar-refractivity contribution in [1.82, 2.24) is 0 Å². The number of rotatable bonds is 16. The lowest BCUT2D eigenvalue weighted by Crippen LogP contribution is -2.18. The lowest BCUT2D eigenvalue weighted by molar-refractivity contribution is -0.277. The van der Waals surface area contributed by atoms with E-state index in [0.29, 0.717) is 36.7 Å². The van der Waals surface area contributed by atoms with Gasteiger partial charge in [0.25, 0.3) is 0 Å². The summed E-state index contributed by atoms with van der Waals surface area (Å²) >= 11 is 0. The van der Waals surface area contributed by atoms with Gasteiger partial charge in [-0.05, 0) is 54.9 Å². The van der Waals surface area contributed by atoms with Gasteiger partial charge in [0, 0.05) is 26.9 Å². The van der Waals surface area contributed by atoms with Crippen LogP contribution in [0, 0.1) is 17.6 Å². The van der Waals surface area contributed by atoms with Gasteiger partial charge in [-0.3, -0.25) is 4.89 Å². The van der Waals surface area contributed by atoms with E-state index in [1.165, 1.54) is 19.2 Å². The maximum Gasteiger partial charge on any atom is 0.344 e. The quantitative estimate of drug-likeness (QED) is 0.178. The van der Waals surface area contributed by atoms with Crippen LogP contribution in [-0.2, 0) is 33.5 Å². The number of ether oxygens (including phenoxy) is 5. The van der Waals surface area contributed by atoms with Crippen LogP contribution in [0.5, 0.6) is 5.75 Å². The highest BCUT2D eigenvalue weighted by Crippen LogP contribution is 2.29. The zero-order chi connectivity index (χ0) is 26.3. The smallest absolute Gasteiger partial charge is 0.344 e. The molecule has 10 heteroatoms. The Bertz CT molecular complexity index is 875. The van der Waals surface area contributed by atoms with E-state index < -0.39 is 23.4 Å². The van der Waals surface area contributed by atoms with E-state index in [0.717, 1.165) is 32.5 Å². The van der Waals surface area contributed by atoms with Crippen molar-refractivity contribution in [3.05, 3.63) is 47.6 Å². The van der Waals surface area contributed by atoms with Gasteiger partial charge in [0.15, 0.2) is 17.4 Å². The minimum atomic E-state index is -0.777. The van der Waals surface area contributed by atoms with Crippen molar-refractivity contribution >= 4 is 11.5 Å². The minimum absolute atomic E-state index is 0.0342. The molecule has 1 unspecified atom stereocenters. The molecule has 1 fully saturated rings. The second-order valence-corrected chi connectivity index (χ2v) is 8.76. The summed E-state index contributed by atoms with van der Waals surface area (Å²) in [6.45, 7) is 3.26. The van der Waals surface area contributed by atoms with Crippen LogP contribution in [0.3, 0.4) is 0 Å². The van der Waals surface area contributed by atoms with Crippen LogP contribution in [0.25, 0.3) is 5.57 Å². The Morgan fingerprint density at radius 2 is 1.81 bits per heavy atom. The molecule has 0 aromatic heterocycles. The van der Waals surface area contributed by atoms with Crippen LogP contribution in [0.1, 0.15) is 37.7 Å². The number of benzene rings is 1. The molecule has 0 saturated carbocycles. The third kappa shape index (κ3) is 10.5. The molecule has 37 heavy (non-hydrogen) atoms. The van der Waals surface area contributed by atoms with Crippen molar-refractivity contribution in [3.63, 3.8) is 0 Å². The predicted octanol–water partition coefficient (Wildman–Crippen LogP) is 4.42. The largest absolute Gasteiger partial charge is 0.485 e. The summed E-state index contributed by atoms with van der Waals surface area (Å²) < 4.78 is 55.1. The SMILES string of the molecule is COCCOc1c(F)cc(C2=CCC(OCCC(=O)OOCCOCCC3CCOCC3)C=C2)cc1F. The second-order valence-electron chi connectivity index (χ2n) is 8.76. The molecule has 1 aromatic rings. The highest BCUT2D eigenvalue weighted by molar-refractivity contribution is 5.75. The molecule has 1 aliphatic carbocycles. The van der Waals surface area contributed by atoms with Gasteiger partial charge in [0.1, 0.15) is 13.2 Å². The Hall–Kier alpha value is -2.37. The van der Waals surface area contributed by atoms with E-state index >= 15 is 0 Å². The molecule has 1 aromatic carbocycles. The minimum Gasteiger partial charge on any atom is -0.485 e. The highest BCUT2D eigenvalue weighted by Gasteiger charge is 2.17. The molecule has 3 rings (SSSR count). The maximum atomic E-state index is 14.3. The Balaban J connectivity index is 1.26. The van der Waals surface area contributed by atoms with Crippen LogP contribution in [-0.4, -0.2) is 72.0 Å². The summed E-state index contributed by atoms with van der Waals surface area (Å²) in [5.74, 6) is -1.85. The number of carbonyl (C=O) groups excluding carboxylic acids is 1. The van der Waals surface area contributed by atoms with E-state index in [4.69, 9.17) is 33.5 Å². The predicted molar refractivity (Wildman–Crippen MR) is 131 cm³/mol. The topological polar surface area (TPSA) is 81.7 Å². The van der Waals surface area contributed by atoms with Crippen molar-refractivity contribution < 1.29 is 47.0 Å². The average molecular weight is 527 g/mol. The third-order valence-electron chi connectivity index (χ3n) is 6.04. The number of hydrogen-bond acceptors (Lipinski definition) is 8. The Kier molecular flexibility index (Phi) is 13.0. The Labute approximate surface area is 216 Å². The van der Waals surface area contributed by atoms with Crippen LogP contribution in [0.2, 0.25) is 0 Å². The van der Waals surface area contributed by atoms with Gasteiger partial charge in [-0.15, -0.1) is 0 Å². The number of carbonyl (C=O) groups is 1. The monoisotopic (exact) mass is 526 g/mol. The summed E-state index contributed by atoms with van der Waals surface area (Å²) in [7, 11) is 1.48. The molecule has 8 nitrogen and oxygen atoms in total. The van der Waals surface area contributed by atoms with Crippen LogP contribution < -0.4 is 4.74 Å². The number of halogens is 2. The molecule has 0 radical (unpaired) electrons. The van der Waals surface area contributed by atoms with E-state index in [1.807, 2.05) is 6.08 Å². The fraction of sp³-hybridized carbons (Fsp3) is 0.593. The molecular weight excluding hydrogens is 490 g/mol. The van der Waals surface area contributed by atoms with Gasteiger partial charge in [0.2, 0.25) is 0 Å². The van der Waals surface area contributed by atoms with Crippen LogP contribution in [0.15, 0.2) is 30.4 Å². The molecule has 1 heterocycles. The van der Waals surface area contributed by atoms with Gasteiger partial charge in [-0.25, -0.2) is 13.6 Å². The van der Waals surface area contributed by atoms with Gasteiger partial charge < -0.3 is 23.7 Å². The van der Waals surface area contributed by atoms with Gasteiger partial charge in [-0.2, -0.15) is 4.89 Å². The standard InChI is InChI=1S/C27H36F2O8/c1-31-14-16-35-27-24(28)18-22(19-25(27)29)21-2-4-23(5-3-21)34-13-9-26(30)37-36-17-15-33-12-8-20-6-10-32-11-7-20/h2-4,18-20,23H,5-17H2,1H3. The first-order chi connectivity index (χ1) is 18.1. The van der Waals surface area contributed by atoms with Crippen LogP contribution >= 0.6 is 0 Å². The summed E-state index contributed by atoms with van der Waals surface area (Å²) in [5.41, 5.74) is 1.07. The van der Waals surface area contributed by atoms with Gasteiger partial charge >= 0.3 is 5.97 Å². The molecule has 0 spiro atoms. The van der Waals surface area contributed by atoms with E-state index in [1.54, 1.807) is 12.2 Å². The van der Waals surface area contributed by atoms with Crippen molar-refractivity contribution in [1.29, 1.82) is 0 Å². The number of allylic oxidation sites excluding steroid dienone is 2. The van der Waals surface area contributed by atoms with Crippen molar-refractivity contribution in [2.24, 2.45) is 5.92 Å². The van der Waals surface area contributed by atoms with Gasteiger partial charge in [0.05, 0.1) is 32.3 Å². The lowest BCUT2D eigenvalue weighted by atomic mass is 9.97. The molecule has 1 saturated heterocycles. The summed E-state index contributed by atoms with van der Waals surface area (Å²) in [4.78, 5) is 21.4. The Morgan fingerprint density at radius 1 is 1.03 bits per heavy atom. The maximum absolute atomic E-state index is 14.3. The normalized spacial score (nSPS) is 18.0. The van der Waals surface area contributed by atoms with E-state index in [9.17, 15) is 13.6 Å². The highest BCUT2D eigenvalue weighted by atomic mass is 19.1. The average Bonchev–Trinajstić information content (AvgIpc) is 2.90. The first-order valence-corrected chi connectivity index (χ1v) is 12.7. The molecular formula is C27H36F2O8. The molecule has 2 aliphatic rings. The molecule has 206 valence electrons. The van der Waals surface area contributed by atoms with Crippen LogP contribution in [0.4, 0.5) is 8.78 Å². The van der Waals surface area contributed by atoms with Crippen molar-refractivity contribution in [2.75, 3.05) is 60.0 Å². The first-order valence-electron chi connectivity index (χ1n) is 12.7. The third-order valence-corrected chi connectivity index (χ3v) is 6.04. The van der Waals surface area contributed by atoms with E-state index in [-0.39, 0.29) is 39.0 Å². The lowest BCUT2D eigenvalue weighted by Gasteiger charge is -2.21. The summed E-state index contributed by atoms with van der Waals surface area (Å²) in [5, 5.41) is 0. The van der Waals surface area contributed by atoms with E-state index in [2.05, 4.69) is 0 Å². The second kappa shape index (κ2) is 16.5. The van der Waals surface area contributed by atoms with Gasteiger partial charge in [-0.1, -0.05) is 18.2 Å². The zero-order valence-electron chi connectivity index (χ0n) is 21.3.